The number of rotatable bonds is 7. The second-order valence-corrected chi connectivity index (χ2v) is 10.8. The summed E-state index contributed by atoms with van der Waals surface area (Å²) >= 11 is 11.3. The number of carbonyl (C=O) groups excluding carboxylic acids is 1. The van der Waals surface area contributed by atoms with Crippen LogP contribution in [0.25, 0.3) is 0 Å². The number of nitrogens with two attached hydrogens (primary N) is 1. The Morgan fingerprint density at radius 3 is 1.43 bits per heavy atom. The van der Waals surface area contributed by atoms with Crippen molar-refractivity contribution in [1.82, 2.24) is 25.3 Å². The summed E-state index contributed by atoms with van der Waals surface area (Å²) in [6.07, 6.45) is -15.1. The Hall–Kier alpha value is -4.76. The highest BCUT2D eigenvalue weighted by atomic mass is 35.5. The van der Waals surface area contributed by atoms with Crippen molar-refractivity contribution in [3.63, 3.8) is 0 Å². The van der Waals surface area contributed by atoms with Crippen molar-refractivity contribution in [2.75, 3.05) is 13.1 Å². The first-order valence-corrected chi connectivity index (χ1v) is 14.8. The van der Waals surface area contributed by atoms with E-state index in [2.05, 4.69) is 25.3 Å². The normalized spacial score (nSPS) is 11.8. The molecule has 0 fully saturated rings. The lowest BCUT2D eigenvalue weighted by Crippen LogP contribution is -2.29. The zero-order valence-corrected chi connectivity index (χ0v) is 27.5. The largest absolute Gasteiger partial charge is 0.478 e. The number of carboxylic acid groups (broad SMARTS) is 1. The Balaban J connectivity index is 0.000000303. The van der Waals surface area contributed by atoms with Crippen LogP contribution in [-0.2, 0) is 37.5 Å². The van der Waals surface area contributed by atoms with Gasteiger partial charge in [-0.15, -0.1) is 0 Å². The number of nitrogens with zero attached hydrogens (tertiary/aromatic N) is 4. The van der Waals surface area contributed by atoms with Crippen molar-refractivity contribution < 1.29 is 67.4 Å². The predicted molar refractivity (Wildman–Crippen MR) is 163 cm³/mol. The molecule has 9 nitrogen and oxygen atoms in total. The van der Waals surface area contributed by atoms with Crippen molar-refractivity contribution in [2.45, 2.75) is 37.5 Å². The van der Waals surface area contributed by atoms with Crippen molar-refractivity contribution in [3.05, 3.63) is 116 Å². The molecular weight excluding hydrogens is 791 g/mol. The van der Waals surface area contributed by atoms with E-state index in [0.29, 0.717) is 30.9 Å². The molecule has 0 saturated carbocycles. The first kappa shape index (κ1) is 44.4. The molecule has 0 saturated heterocycles. The number of nitrogens with one attached hydrogen (secondary N) is 1. The molecule has 0 bridgehead atoms. The number of pyridine rings is 4. The molecule has 0 aromatic carbocycles. The van der Waals surface area contributed by atoms with Gasteiger partial charge >= 0.3 is 30.7 Å². The van der Waals surface area contributed by atoms with Gasteiger partial charge in [0.2, 0.25) is 0 Å². The zero-order chi connectivity index (χ0) is 40.4. The van der Waals surface area contributed by atoms with Gasteiger partial charge in [-0.2, -0.15) is 52.7 Å². The predicted octanol–water partition coefficient (Wildman–Crippen LogP) is 8.19. The Bertz CT molecular complexity index is 1870. The highest BCUT2D eigenvalue weighted by molar-refractivity contribution is 6.31. The number of aromatic nitrogens is 4. The highest BCUT2D eigenvalue weighted by Gasteiger charge is 2.38. The fraction of sp³-hybridized carbons (Fsp3) is 0.267. The summed E-state index contributed by atoms with van der Waals surface area (Å²) in [7, 11) is 0. The summed E-state index contributed by atoms with van der Waals surface area (Å²) in [6, 6.07) is 5.69. The van der Waals surface area contributed by atoms with Gasteiger partial charge < -0.3 is 16.2 Å². The molecule has 0 aliphatic carbocycles. The summed E-state index contributed by atoms with van der Waals surface area (Å²) in [6.45, 7) is 0.126. The second kappa shape index (κ2) is 18.3. The van der Waals surface area contributed by atoms with E-state index >= 15 is 0 Å². The van der Waals surface area contributed by atoms with Gasteiger partial charge in [0, 0.05) is 44.2 Å². The van der Waals surface area contributed by atoms with Crippen LogP contribution in [0.4, 0.5) is 52.7 Å². The Morgan fingerprint density at radius 2 is 1.08 bits per heavy atom. The Labute approximate surface area is 300 Å². The van der Waals surface area contributed by atoms with Crippen molar-refractivity contribution in [3.8, 4) is 0 Å². The lowest BCUT2D eigenvalue weighted by molar-refractivity contribution is -0.142. The van der Waals surface area contributed by atoms with Crippen LogP contribution in [0, 0.1) is 0 Å². The van der Waals surface area contributed by atoms with Gasteiger partial charge in [0.05, 0.1) is 43.7 Å². The minimum absolute atomic E-state index is 0.00488. The third-order valence-corrected chi connectivity index (χ3v) is 6.80. The first-order valence-electron chi connectivity index (χ1n) is 14.1. The van der Waals surface area contributed by atoms with Crippen molar-refractivity contribution in [1.29, 1.82) is 0 Å². The molecular formula is C30H22Cl2F12N6O3. The molecule has 0 atom stereocenters. The summed E-state index contributed by atoms with van der Waals surface area (Å²) < 4.78 is 149. The van der Waals surface area contributed by atoms with Gasteiger partial charge in [0.1, 0.15) is 0 Å². The summed E-state index contributed by atoms with van der Waals surface area (Å²) in [5.41, 5.74) is -0.378. The number of hydrogen-bond acceptors (Lipinski definition) is 7. The molecule has 0 spiro atoms. The Morgan fingerprint density at radius 1 is 0.660 bits per heavy atom. The molecule has 1 amide bonds. The average Bonchev–Trinajstić information content (AvgIpc) is 3.05. The topological polar surface area (TPSA) is 144 Å². The lowest BCUT2D eigenvalue weighted by Gasteiger charge is -2.12. The molecule has 0 unspecified atom stereocenters. The lowest BCUT2D eigenvalue weighted by atomic mass is 10.1. The maximum absolute atomic E-state index is 12.8. The summed E-state index contributed by atoms with van der Waals surface area (Å²) in [5, 5.41) is 10.4. The zero-order valence-electron chi connectivity index (χ0n) is 26.0. The average molecular weight is 813 g/mol. The molecule has 4 rings (SSSR count). The maximum Gasteiger partial charge on any atom is 0.434 e. The highest BCUT2D eigenvalue weighted by Crippen LogP contribution is 2.33. The molecule has 53 heavy (non-hydrogen) atoms. The van der Waals surface area contributed by atoms with E-state index in [9.17, 15) is 62.3 Å². The number of hydrogen-bond donors (Lipinski definition) is 3. The van der Waals surface area contributed by atoms with Gasteiger partial charge in [0.25, 0.3) is 5.91 Å². The molecule has 288 valence electrons. The van der Waals surface area contributed by atoms with Crippen LogP contribution in [0.1, 0.15) is 54.6 Å². The van der Waals surface area contributed by atoms with E-state index in [1.165, 1.54) is 6.07 Å². The van der Waals surface area contributed by atoms with Crippen LogP contribution in [-0.4, -0.2) is 50.0 Å². The number of carbonyl (C=O) groups is 2. The number of carboxylic acids is 1. The van der Waals surface area contributed by atoms with E-state index < -0.39 is 70.2 Å². The van der Waals surface area contributed by atoms with E-state index in [1.54, 1.807) is 0 Å². The third-order valence-electron chi connectivity index (χ3n) is 6.15. The van der Waals surface area contributed by atoms with Gasteiger partial charge in [-0.3, -0.25) is 24.7 Å². The maximum atomic E-state index is 12.8. The van der Waals surface area contributed by atoms with Gasteiger partial charge in [-0.1, -0.05) is 23.2 Å². The van der Waals surface area contributed by atoms with Crippen LogP contribution < -0.4 is 11.1 Å². The first-order chi connectivity index (χ1) is 24.4. The number of halogens is 14. The van der Waals surface area contributed by atoms with Crippen LogP contribution >= 0.6 is 23.2 Å². The van der Waals surface area contributed by atoms with Crippen LogP contribution in [0.5, 0.6) is 0 Å². The molecule has 23 heteroatoms. The van der Waals surface area contributed by atoms with Gasteiger partial charge in [-0.05, 0) is 42.9 Å². The third kappa shape index (κ3) is 13.6. The van der Waals surface area contributed by atoms with E-state index in [1.807, 2.05) is 0 Å². The molecule has 4 N–H and O–H groups in total. The van der Waals surface area contributed by atoms with E-state index in [0.717, 1.165) is 42.9 Å². The fourth-order valence-corrected chi connectivity index (χ4v) is 4.28. The number of aromatic carboxylic acids is 1. The monoisotopic (exact) mass is 812 g/mol. The SMILES string of the molecule is NCCc1ncc(C(F)(F)F)cc1Cl.O=C(NCCc1ncc(C(F)(F)F)cc1Cl)c1cccnc1C(F)(F)F.O=C(O)c1cccnc1C(F)(F)F. The van der Waals surface area contributed by atoms with Crippen LogP contribution in [0.15, 0.2) is 61.2 Å². The number of amides is 1. The summed E-state index contributed by atoms with van der Waals surface area (Å²) in [5.74, 6) is -2.66. The van der Waals surface area contributed by atoms with Crippen molar-refractivity contribution >= 4 is 35.1 Å². The molecule has 4 aromatic heterocycles. The van der Waals surface area contributed by atoms with Crippen LogP contribution in [0.3, 0.4) is 0 Å². The van der Waals surface area contributed by atoms with Crippen LogP contribution in [0.2, 0.25) is 10.0 Å². The van der Waals surface area contributed by atoms with Gasteiger partial charge in [-0.25, -0.2) is 4.79 Å². The molecule has 4 heterocycles. The summed E-state index contributed by atoms with van der Waals surface area (Å²) in [4.78, 5) is 35.5. The fourth-order valence-electron chi connectivity index (χ4n) is 3.75. The molecule has 0 aliphatic heterocycles. The number of alkyl halides is 12. The standard InChI is InChI=1S/C15H10ClF6N3O.C8H8ClF3N2.C7H4F3NO2/c16-10-6-8(14(17,18)19)7-25-11(10)3-5-24-13(26)9-2-1-4-23-12(9)15(20,21)22;9-6-3-5(8(10,11)12)4-14-7(6)1-2-13;8-7(9,10)5-4(6(12)13)2-1-3-11-5/h1-2,4,6-7H,3,5H2,(H,24,26);3-4H,1-2,13H2;1-3H,(H,12,13). The minimum Gasteiger partial charge on any atom is -0.478 e. The molecule has 0 radical (unpaired) electrons. The quantitative estimate of drug-likeness (QED) is 0.159. The molecule has 4 aromatic rings. The van der Waals surface area contributed by atoms with Gasteiger partial charge in [0.15, 0.2) is 11.4 Å². The Kier molecular flexibility index (Phi) is 15.4. The second-order valence-electron chi connectivity index (χ2n) is 9.94. The smallest absolute Gasteiger partial charge is 0.434 e. The molecule has 0 aliphatic rings. The van der Waals surface area contributed by atoms with E-state index in [4.69, 9.17) is 34.0 Å². The minimum atomic E-state index is -4.80. The van der Waals surface area contributed by atoms with Crippen molar-refractivity contribution in [2.24, 2.45) is 5.73 Å². The van der Waals surface area contributed by atoms with E-state index in [-0.39, 0.29) is 28.7 Å².